The van der Waals surface area contributed by atoms with Crippen LogP contribution in [0.1, 0.15) is 20.8 Å². The van der Waals surface area contributed by atoms with Gasteiger partial charge in [0.05, 0.1) is 11.4 Å². The molecule has 7 heteroatoms. The van der Waals surface area contributed by atoms with E-state index in [1.807, 2.05) is 51.1 Å². The van der Waals surface area contributed by atoms with Gasteiger partial charge in [-0.05, 0) is 51.1 Å². The summed E-state index contributed by atoms with van der Waals surface area (Å²) in [6.45, 7) is 6.11. The summed E-state index contributed by atoms with van der Waals surface area (Å²) in [6, 6.07) is 9.41. The van der Waals surface area contributed by atoms with Crippen LogP contribution in [0.4, 0.5) is 0 Å². The van der Waals surface area contributed by atoms with Crippen molar-refractivity contribution >= 4 is 17.7 Å². The summed E-state index contributed by atoms with van der Waals surface area (Å²) in [4.78, 5) is 11.8. The van der Waals surface area contributed by atoms with E-state index < -0.39 is 0 Å². The monoisotopic (exact) mass is 345 g/mol. The number of benzene rings is 1. The standard InChI is InChI=1S/C17H19N3O3S/c1-17(2,3)18-15(21)9-24-16-7-5-12(19-20-16)11-4-6-13-14(8-11)23-10-22-13/h4-8H,9-10H2,1-3H3,(H,18,21). The van der Waals surface area contributed by atoms with Crippen molar-refractivity contribution in [2.45, 2.75) is 31.3 Å². The maximum Gasteiger partial charge on any atom is 0.231 e. The number of thioether (sulfide) groups is 1. The Morgan fingerprint density at radius 2 is 1.96 bits per heavy atom. The molecule has 0 fully saturated rings. The van der Waals surface area contributed by atoms with E-state index in [0.717, 1.165) is 17.0 Å². The van der Waals surface area contributed by atoms with Crippen LogP contribution >= 0.6 is 11.8 Å². The fraction of sp³-hybridized carbons (Fsp3) is 0.353. The average Bonchev–Trinajstić information content (AvgIpc) is 2.99. The topological polar surface area (TPSA) is 73.3 Å². The smallest absolute Gasteiger partial charge is 0.231 e. The van der Waals surface area contributed by atoms with Crippen LogP contribution in [0.3, 0.4) is 0 Å². The largest absolute Gasteiger partial charge is 0.454 e. The molecule has 0 aliphatic carbocycles. The van der Waals surface area contributed by atoms with Crippen molar-refractivity contribution in [2.24, 2.45) is 0 Å². The van der Waals surface area contributed by atoms with E-state index in [-0.39, 0.29) is 18.2 Å². The first-order valence-electron chi connectivity index (χ1n) is 7.58. The third-order valence-corrected chi connectivity index (χ3v) is 4.09. The molecule has 126 valence electrons. The molecular weight excluding hydrogens is 326 g/mol. The molecule has 0 bridgehead atoms. The minimum atomic E-state index is -0.230. The van der Waals surface area contributed by atoms with Crippen LogP contribution in [0.5, 0.6) is 11.5 Å². The van der Waals surface area contributed by atoms with Gasteiger partial charge in [0.2, 0.25) is 12.7 Å². The van der Waals surface area contributed by atoms with Gasteiger partial charge < -0.3 is 14.8 Å². The van der Waals surface area contributed by atoms with Crippen molar-refractivity contribution in [3.63, 3.8) is 0 Å². The molecule has 0 saturated carbocycles. The van der Waals surface area contributed by atoms with E-state index in [9.17, 15) is 4.79 Å². The van der Waals surface area contributed by atoms with E-state index in [1.54, 1.807) is 0 Å². The van der Waals surface area contributed by atoms with E-state index in [2.05, 4.69) is 15.5 Å². The lowest BCUT2D eigenvalue weighted by molar-refractivity contribution is -0.119. The van der Waals surface area contributed by atoms with Crippen LogP contribution in [0.15, 0.2) is 35.4 Å². The molecule has 0 saturated heterocycles. The first-order chi connectivity index (χ1) is 11.4. The summed E-state index contributed by atoms with van der Waals surface area (Å²) in [5.41, 5.74) is 1.43. The molecule has 2 heterocycles. The number of ether oxygens (including phenoxy) is 2. The number of hydrogen-bond donors (Lipinski definition) is 1. The average molecular weight is 345 g/mol. The van der Waals surface area contributed by atoms with Crippen molar-refractivity contribution in [1.82, 2.24) is 15.5 Å². The Hall–Kier alpha value is -2.28. The van der Waals surface area contributed by atoms with Gasteiger partial charge in [-0.25, -0.2) is 0 Å². The van der Waals surface area contributed by atoms with Crippen LogP contribution in [-0.4, -0.2) is 34.2 Å². The lowest BCUT2D eigenvalue weighted by atomic mass is 10.1. The fourth-order valence-corrected chi connectivity index (χ4v) is 2.81. The van der Waals surface area contributed by atoms with Crippen LogP contribution in [0, 0.1) is 0 Å². The second kappa shape index (κ2) is 6.68. The maximum atomic E-state index is 11.8. The molecule has 3 rings (SSSR count). The number of aromatic nitrogens is 2. The Morgan fingerprint density at radius 1 is 1.17 bits per heavy atom. The first kappa shape index (κ1) is 16.6. The van der Waals surface area contributed by atoms with Gasteiger partial charge in [0.15, 0.2) is 11.5 Å². The fourth-order valence-electron chi connectivity index (χ4n) is 2.20. The molecule has 0 atom stereocenters. The summed E-state index contributed by atoms with van der Waals surface area (Å²) in [6.07, 6.45) is 0. The third-order valence-electron chi connectivity index (χ3n) is 3.17. The van der Waals surface area contributed by atoms with Gasteiger partial charge in [0.1, 0.15) is 5.03 Å². The molecule has 0 radical (unpaired) electrons. The molecular formula is C17H19N3O3S. The van der Waals surface area contributed by atoms with Crippen LogP contribution in [-0.2, 0) is 4.79 Å². The number of amides is 1. The number of carbonyl (C=O) groups excluding carboxylic acids is 1. The summed E-state index contributed by atoms with van der Waals surface area (Å²) >= 11 is 1.36. The molecule has 1 aromatic heterocycles. The molecule has 1 aliphatic rings. The zero-order valence-electron chi connectivity index (χ0n) is 13.8. The van der Waals surface area contributed by atoms with Gasteiger partial charge in [-0.15, -0.1) is 10.2 Å². The molecule has 1 aromatic carbocycles. The zero-order valence-corrected chi connectivity index (χ0v) is 14.6. The third kappa shape index (κ3) is 4.17. The second-order valence-electron chi connectivity index (χ2n) is 6.41. The highest BCUT2D eigenvalue weighted by Gasteiger charge is 2.15. The van der Waals surface area contributed by atoms with E-state index >= 15 is 0 Å². The van der Waals surface area contributed by atoms with Crippen LogP contribution in [0.2, 0.25) is 0 Å². The lowest BCUT2D eigenvalue weighted by Gasteiger charge is -2.20. The first-order valence-corrected chi connectivity index (χ1v) is 8.57. The SMILES string of the molecule is CC(C)(C)NC(=O)CSc1ccc(-c2ccc3c(c2)OCO3)nn1. The minimum Gasteiger partial charge on any atom is -0.454 e. The summed E-state index contributed by atoms with van der Waals surface area (Å²) in [5, 5.41) is 12.0. The Balaban J connectivity index is 1.62. The number of nitrogens with one attached hydrogen (secondary N) is 1. The lowest BCUT2D eigenvalue weighted by Crippen LogP contribution is -2.41. The Kier molecular flexibility index (Phi) is 4.62. The number of fused-ring (bicyclic) bond motifs is 1. The summed E-state index contributed by atoms with van der Waals surface area (Å²) < 4.78 is 10.7. The maximum absolute atomic E-state index is 11.8. The van der Waals surface area contributed by atoms with Gasteiger partial charge >= 0.3 is 0 Å². The molecule has 0 spiro atoms. The highest BCUT2D eigenvalue weighted by Crippen LogP contribution is 2.35. The van der Waals surface area contributed by atoms with Gasteiger partial charge in [-0.2, -0.15) is 0 Å². The molecule has 1 N–H and O–H groups in total. The molecule has 24 heavy (non-hydrogen) atoms. The van der Waals surface area contributed by atoms with Crippen molar-refractivity contribution in [3.05, 3.63) is 30.3 Å². The molecule has 1 aliphatic heterocycles. The predicted octanol–water partition coefficient (Wildman–Crippen LogP) is 2.88. The summed E-state index contributed by atoms with van der Waals surface area (Å²) in [5.74, 6) is 1.75. The number of rotatable bonds is 4. The van der Waals surface area contributed by atoms with Gasteiger partial charge in [-0.1, -0.05) is 11.8 Å². The predicted molar refractivity (Wildman–Crippen MR) is 92.2 cm³/mol. The van der Waals surface area contributed by atoms with E-state index in [1.165, 1.54) is 11.8 Å². The Morgan fingerprint density at radius 3 is 2.67 bits per heavy atom. The number of hydrogen-bond acceptors (Lipinski definition) is 6. The van der Waals surface area contributed by atoms with Crippen LogP contribution < -0.4 is 14.8 Å². The van der Waals surface area contributed by atoms with Gasteiger partial charge in [0.25, 0.3) is 0 Å². The van der Waals surface area contributed by atoms with Crippen molar-refractivity contribution < 1.29 is 14.3 Å². The zero-order chi connectivity index (χ0) is 17.2. The van der Waals surface area contributed by atoms with Crippen molar-refractivity contribution in [2.75, 3.05) is 12.5 Å². The molecule has 0 unspecified atom stereocenters. The highest BCUT2D eigenvalue weighted by molar-refractivity contribution is 7.99. The Labute approximate surface area is 145 Å². The Bertz CT molecular complexity index is 742. The number of carbonyl (C=O) groups is 1. The van der Waals surface area contributed by atoms with E-state index in [4.69, 9.17) is 9.47 Å². The van der Waals surface area contributed by atoms with Crippen molar-refractivity contribution in [1.29, 1.82) is 0 Å². The summed E-state index contributed by atoms with van der Waals surface area (Å²) in [7, 11) is 0. The molecule has 2 aromatic rings. The normalized spacial score (nSPS) is 13.0. The van der Waals surface area contributed by atoms with Gasteiger partial charge in [-0.3, -0.25) is 4.79 Å². The molecule has 1 amide bonds. The second-order valence-corrected chi connectivity index (χ2v) is 7.41. The van der Waals surface area contributed by atoms with Crippen molar-refractivity contribution in [3.8, 4) is 22.8 Å². The van der Waals surface area contributed by atoms with E-state index in [0.29, 0.717) is 16.5 Å². The van der Waals surface area contributed by atoms with Crippen LogP contribution in [0.25, 0.3) is 11.3 Å². The minimum absolute atomic E-state index is 0.0193. The quantitative estimate of drug-likeness (QED) is 0.859. The highest BCUT2D eigenvalue weighted by atomic mass is 32.2. The number of nitrogens with zero attached hydrogens (tertiary/aromatic N) is 2. The molecule has 6 nitrogen and oxygen atoms in total. The van der Waals surface area contributed by atoms with Gasteiger partial charge in [0, 0.05) is 11.1 Å².